The van der Waals surface area contributed by atoms with Gasteiger partial charge in [-0.1, -0.05) is 32.6 Å². The van der Waals surface area contributed by atoms with E-state index in [9.17, 15) is 9.59 Å². The third-order valence-corrected chi connectivity index (χ3v) is 4.73. The van der Waals surface area contributed by atoms with Crippen LogP contribution in [0.2, 0.25) is 0 Å². The van der Waals surface area contributed by atoms with Gasteiger partial charge in [-0.05, 0) is 19.3 Å². The van der Waals surface area contributed by atoms with Crippen molar-refractivity contribution in [3.63, 3.8) is 0 Å². The van der Waals surface area contributed by atoms with Crippen molar-refractivity contribution in [1.82, 2.24) is 15.1 Å². The monoisotopic (exact) mass is 346 g/mol. The molecule has 1 saturated heterocycles. The van der Waals surface area contributed by atoms with Crippen LogP contribution in [-0.4, -0.2) is 60.0 Å². The molecule has 0 aromatic carbocycles. The number of halogens is 1. The summed E-state index contributed by atoms with van der Waals surface area (Å²) in [4.78, 5) is 28.0. The van der Waals surface area contributed by atoms with Crippen molar-refractivity contribution in [1.29, 1.82) is 0 Å². The quantitative estimate of drug-likeness (QED) is 0.813. The number of carbonyl (C=O) groups is 2. The second-order valence-electron chi connectivity index (χ2n) is 6.49. The fraction of sp³-hybridized carbons (Fsp3) is 0.875. The first-order chi connectivity index (χ1) is 10.6. The van der Waals surface area contributed by atoms with Gasteiger partial charge in [0.25, 0.3) is 0 Å². The molecule has 0 aromatic heterocycles. The van der Waals surface area contributed by atoms with E-state index in [1.807, 2.05) is 11.8 Å². The molecule has 0 aromatic rings. The average molecular weight is 347 g/mol. The predicted octanol–water partition coefficient (Wildman–Crippen LogP) is 1.72. The number of nitrogens with zero attached hydrogens (tertiary/aromatic N) is 2. The Morgan fingerprint density at radius 1 is 1.09 bits per heavy atom. The Kier molecular flexibility index (Phi) is 8.69. The van der Waals surface area contributed by atoms with Crippen molar-refractivity contribution in [2.45, 2.75) is 64.0 Å². The van der Waals surface area contributed by atoms with Crippen LogP contribution in [0.4, 0.5) is 4.79 Å². The minimum Gasteiger partial charge on any atom is -0.338 e. The molecular weight excluding hydrogens is 316 g/mol. The molecule has 1 saturated carbocycles. The SMILES string of the molecule is CCCC(N)C(=O)N1CCN(C(=O)NC2CCCCC2)CC1.Cl. The van der Waals surface area contributed by atoms with Gasteiger partial charge in [0.15, 0.2) is 0 Å². The van der Waals surface area contributed by atoms with Crippen LogP contribution in [-0.2, 0) is 4.79 Å². The summed E-state index contributed by atoms with van der Waals surface area (Å²) in [5.74, 6) is 0.0224. The minimum atomic E-state index is -0.396. The standard InChI is InChI=1S/C16H30N4O2.ClH/c1-2-6-14(17)15(21)19-9-11-20(12-10-19)16(22)18-13-7-4-3-5-8-13;/h13-14H,2-12,17H2,1H3,(H,18,22);1H. The predicted molar refractivity (Wildman–Crippen MR) is 93.7 cm³/mol. The lowest BCUT2D eigenvalue weighted by Gasteiger charge is -2.37. The highest BCUT2D eigenvalue weighted by Gasteiger charge is 2.27. The molecule has 6 nitrogen and oxygen atoms in total. The molecule has 2 rings (SSSR count). The maximum Gasteiger partial charge on any atom is 0.317 e. The Morgan fingerprint density at radius 2 is 1.65 bits per heavy atom. The van der Waals surface area contributed by atoms with Crippen molar-refractivity contribution >= 4 is 24.3 Å². The van der Waals surface area contributed by atoms with Crippen LogP contribution in [0.25, 0.3) is 0 Å². The van der Waals surface area contributed by atoms with E-state index in [1.165, 1.54) is 19.3 Å². The molecule has 0 spiro atoms. The second kappa shape index (κ2) is 9.98. The number of urea groups is 1. The fourth-order valence-corrected chi connectivity index (χ4v) is 3.31. The zero-order valence-corrected chi connectivity index (χ0v) is 14.9. The third kappa shape index (κ3) is 5.84. The molecule has 2 aliphatic rings. The number of hydrogen-bond acceptors (Lipinski definition) is 3. The topological polar surface area (TPSA) is 78.7 Å². The van der Waals surface area contributed by atoms with Crippen LogP contribution >= 0.6 is 12.4 Å². The van der Waals surface area contributed by atoms with Crippen molar-refractivity contribution in [2.24, 2.45) is 5.73 Å². The molecule has 1 heterocycles. The lowest BCUT2D eigenvalue weighted by Crippen LogP contribution is -2.56. The van der Waals surface area contributed by atoms with Crippen LogP contribution < -0.4 is 11.1 Å². The molecule has 7 heteroatoms. The third-order valence-electron chi connectivity index (χ3n) is 4.73. The Morgan fingerprint density at radius 3 is 2.22 bits per heavy atom. The van der Waals surface area contributed by atoms with Gasteiger partial charge < -0.3 is 20.9 Å². The van der Waals surface area contributed by atoms with E-state index in [1.54, 1.807) is 4.90 Å². The molecule has 0 radical (unpaired) electrons. The first-order valence-corrected chi connectivity index (χ1v) is 8.71. The van der Waals surface area contributed by atoms with E-state index < -0.39 is 6.04 Å². The summed E-state index contributed by atoms with van der Waals surface area (Å²) in [5.41, 5.74) is 5.89. The van der Waals surface area contributed by atoms with Gasteiger partial charge in [0.05, 0.1) is 6.04 Å². The van der Waals surface area contributed by atoms with Gasteiger partial charge in [0, 0.05) is 32.2 Å². The van der Waals surface area contributed by atoms with Gasteiger partial charge in [-0.25, -0.2) is 4.79 Å². The lowest BCUT2D eigenvalue weighted by atomic mass is 9.96. The summed E-state index contributed by atoms with van der Waals surface area (Å²) >= 11 is 0. The van der Waals surface area contributed by atoms with Crippen LogP contribution in [0.5, 0.6) is 0 Å². The molecular formula is C16H31ClN4O2. The highest BCUT2D eigenvalue weighted by molar-refractivity contribution is 5.85. The van der Waals surface area contributed by atoms with Gasteiger partial charge >= 0.3 is 6.03 Å². The van der Waals surface area contributed by atoms with Gasteiger partial charge in [-0.2, -0.15) is 0 Å². The van der Waals surface area contributed by atoms with Crippen LogP contribution in [0.1, 0.15) is 51.9 Å². The Bertz CT molecular complexity index is 380. The van der Waals surface area contributed by atoms with Gasteiger partial charge in [-0.3, -0.25) is 4.79 Å². The molecule has 2 fully saturated rings. The maximum atomic E-state index is 12.3. The van der Waals surface area contributed by atoms with Gasteiger partial charge in [-0.15, -0.1) is 12.4 Å². The average Bonchev–Trinajstić information content (AvgIpc) is 2.55. The minimum absolute atomic E-state index is 0. The van der Waals surface area contributed by atoms with Crippen LogP contribution in [0.15, 0.2) is 0 Å². The number of carbonyl (C=O) groups excluding carboxylic acids is 2. The summed E-state index contributed by atoms with van der Waals surface area (Å²) in [5, 5.41) is 3.13. The number of nitrogens with two attached hydrogens (primary N) is 1. The number of piperazine rings is 1. The fourth-order valence-electron chi connectivity index (χ4n) is 3.31. The molecule has 1 unspecified atom stereocenters. The molecule has 23 heavy (non-hydrogen) atoms. The molecule has 1 aliphatic heterocycles. The zero-order chi connectivity index (χ0) is 15.9. The zero-order valence-electron chi connectivity index (χ0n) is 14.1. The summed E-state index contributed by atoms with van der Waals surface area (Å²) in [6.07, 6.45) is 7.53. The highest BCUT2D eigenvalue weighted by Crippen LogP contribution is 2.17. The highest BCUT2D eigenvalue weighted by atomic mass is 35.5. The summed E-state index contributed by atoms with van der Waals surface area (Å²) in [6, 6.07) is -0.0386. The lowest BCUT2D eigenvalue weighted by molar-refractivity contribution is -0.134. The van der Waals surface area contributed by atoms with E-state index in [0.717, 1.165) is 25.7 Å². The van der Waals surface area contributed by atoms with E-state index in [2.05, 4.69) is 5.32 Å². The van der Waals surface area contributed by atoms with E-state index in [0.29, 0.717) is 32.2 Å². The number of hydrogen-bond donors (Lipinski definition) is 2. The Hall–Kier alpha value is -1.01. The first kappa shape index (κ1) is 20.0. The first-order valence-electron chi connectivity index (χ1n) is 8.71. The van der Waals surface area contributed by atoms with Crippen LogP contribution in [0.3, 0.4) is 0 Å². The summed E-state index contributed by atoms with van der Waals surface area (Å²) in [6.45, 7) is 4.41. The summed E-state index contributed by atoms with van der Waals surface area (Å²) in [7, 11) is 0. The molecule has 0 bridgehead atoms. The van der Waals surface area contributed by atoms with E-state index >= 15 is 0 Å². The maximum absolute atomic E-state index is 12.3. The Balaban J connectivity index is 0.00000264. The summed E-state index contributed by atoms with van der Waals surface area (Å²) < 4.78 is 0. The molecule has 134 valence electrons. The van der Waals surface area contributed by atoms with Gasteiger partial charge in [0.2, 0.25) is 5.91 Å². The smallest absolute Gasteiger partial charge is 0.317 e. The Labute approximate surface area is 145 Å². The van der Waals surface area contributed by atoms with Crippen molar-refractivity contribution in [2.75, 3.05) is 26.2 Å². The van der Waals surface area contributed by atoms with Gasteiger partial charge in [0.1, 0.15) is 0 Å². The molecule has 3 amide bonds. The normalized spacial score (nSPS) is 20.6. The second-order valence-corrected chi connectivity index (χ2v) is 6.49. The number of nitrogens with one attached hydrogen (secondary N) is 1. The van der Waals surface area contributed by atoms with Crippen molar-refractivity contribution in [3.05, 3.63) is 0 Å². The molecule has 3 N–H and O–H groups in total. The molecule has 1 atom stereocenters. The number of rotatable bonds is 4. The number of amides is 3. The van der Waals surface area contributed by atoms with Crippen molar-refractivity contribution in [3.8, 4) is 0 Å². The van der Waals surface area contributed by atoms with Crippen molar-refractivity contribution < 1.29 is 9.59 Å². The van der Waals surface area contributed by atoms with Crippen LogP contribution in [0, 0.1) is 0 Å². The molecule has 1 aliphatic carbocycles. The largest absolute Gasteiger partial charge is 0.338 e. The van der Waals surface area contributed by atoms with E-state index in [-0.39, 0.29) is 24.3 Å². The van der Waals surface area contributed by atoms with E-state index in [4.69, 9.17) is 5.73 Å².